The molecule has 5 heteroatoms. The summed E-state index contributed by atoms with van der Waals surface area (Å²) in [5.41, 5.74) is 0. The third-order valence-electron chi connectivity index (χ3n) is 2.37. The fourth-order valence-corrected chi connectivity index (χ4v) is 1.53. The predicted molar refractivity (Wildman–Crippen MR) is 60.7 cm³/mol. The molecule has 0 aliphatic carbocycles. The van der Waals surface area contributed by atoms with Gasteiger partial charge in [-0.1, -0.05) is 0 Å². The Labute approximate surface area is 104 Å². The Bertz CT molecular complexity index is 70.7. The molecular weight excluding hydrogens is 232 g/mol. The molecule has 0 aromatic carbocycles. The van der Waals surface area contributed by atoms with Gasteiger partial charge in [0.2, 0.25) is 0 Å². The molecule has 1 saturated heterocycles. The van der Waals surface area contributed by atoms with Crippen molar-refractivity contribution < 1.29 is 17.1 Å². The molecule has 92 valence electrons. The summed E-state index contributed by atoms with van der Waals surface area (Å²) in [6.07, 6.45) is 2.44. The maximum absolute atomic E-state index is 3.42. The van der Waals surface area contributed by atoms with Gasteiger partial charge in [-0.15, -0.1) is 0 Å². The van der Waals surface area contributed by atoms with E-state index in [-0.39, 0.29) is 17.1 Å². The zero-order valence-corrected chi connectivity index (χ0v) is 10.5. The third kappa shape index (κ3) is 10.6. The van der Waals surface area contributed by atoms with E-state index in [0.29, 0.717) is 0 Å². The summed E-state index contributed by atoms with van der Waals surface area (Å²) >= 11 is 0. The Kier molecular flexibility index (Phi) is 12.7. The van der Waals surface area contributed by atoms with Crippen molar-refractivity contribution in [2.75, 3.05) is 52.4 Å². The van der Waals surface area contributed by atoms with Crippen LogP contribution in [-0.2, 0) is 17.1 Å². The Hall–Kier alpha value is 0.359. The minimum Gasteiger partial charge on any atom is -0.315 e. The fourth-order valence-electron chi connectivity index (χ4n) is 1.53. The van der Waals surface area contributed by atoms with Crippen molar-refractivity contribution in [2.45, 2.75) is 12.8 Å². The van der Waals surface area contributed by atoms with E-state index < -0.39 is 0 Å². The molecule has 0 saturated carbocycles. The van der Waals surface area contributed by atoms with Gasteiger partial charge in [-0.25, -0.2) is 0 Å². The molecule has 4 nitrogen and oxygen atoms in total. The van der Waals surface area contributed by atoms with Crippen LogP contribution in [0.15, 0.2) is 0 Å². The first-order valence-corrected chi connectivity index (χ1v) is 5.83. The van der Waals surface area contributed by atoms with Gasteiger partial charge in [0.25, 0.3) is 0 Å². The first-order valence-electron chi connectivity index (χ1n) is 5.83. The van der Waals surface area contributed by atoms with E-state index in [9.17, 15) is 0 Å². The van der Waals surface area contributed by atoms with Crippen molar-refractivity contribution in [1.82, 2.24) is 21.3 Å². The van der Waals surface area contributed by atoms with E-state index in [2.05, 4.69) is 21.3 Å². The second-order valence-electron chi connectivity index (χ2n) is 3.71. The first-order chi connectivity index (χ1) is 7.00. The van der Waals surface area contributed by atoms with E-state index in [4.69, 9.17) is 0 Å². The van der Waals surface area contributed by atoms with E-state index in [1.807, 2.05) is 0 Å². The maximum atomic E-state index is 3.42. The Balaban J connectivity index is 0.00000196. The summed E-state index contributed by atoms with van der Waals surface area (Å²) in [6, 6.07) is 0. The van der Waals surface area contributed by atoms with Gasteiger partial charge in [-0.05, 0) is 39.0 Å². The van der Waals surface area contributed by atoms with Crippen LogP contribution in [0.4, 0.5) is 0 Å². The Morgan fingerprint density at radius 2 is 0.667 bits per heavy atom. The summed E-state index contributed by atoms with van der Waals surface area (Å²) in [5.74, 6) is 0. The average Bonchev–Trinajstić information content (AvgIpc) is 2.22. The molecule has 0 aromatic rings. The summed E-state index contributed by atoms with van der Waals surface area (Å²) in [7, 11) is 0. The predicted octanol–water partition coefficient (Wildman–Crippen LogP) is -0.864. The number of nitrogens with one attached hydrogen (secondary N) is 4. The number of hydrogen-bond donors (Lipinski definition) is 4. The fraction of sp³-hybridized carbons (Fsp3) is 1.00. The van der Waals surface area contributed by atoms with Crippen LogP contribution in [0, 0.1) is 0 Å². The second kappa shape index (κ2) is 12.4. The van der Waals surface area contributed by atoms with E-state index in [0.717, 1.165) is 52.4 Å². The number of hydrogen-bond acceptors (Lipinski definition) is 4. The van der Waals surface area contributed by atoms with Crippen LogP contribution in [-0.4, -0.2) is 52.4 Å². The topological polar surface area (TPSA) is 48.1 Å². The van der Waals surface area contributed by atoms with Gasteiger partial charge >= 0.3 is 0 Å². The minimum atomic E-state index is 0. The zero-order chi connectivity index (χ0) is 9.90. The molecule has 0 unspecified atom stereocenters. The molecule has 1 heterocycles. The molecule has 0 bridgehead atoms. The van der Waals surface area contributed by atoms with Gasteiger partial charge in [0.05, 0.1) is 0 Å². The van der Waals surface area contributed by atoms with Crippen LogP contribution in [0.5, 0.6) is 0 Å². The average molecular weight is 256 g/mol. The molecule has 4 N–H and O–H groups in total. The Morgan fingerprint density at radius 3 is 0.933 bits per heavy atom. The number of rotatable bonds is 0. The van der Waals surface area contributed by atoms with Gasteiger partial charge in [0.15, 0.2) is 0 Å². The quantitative estimate of drug-likeness (QED) is 0.426. The molecule has 1 aliphatic rings. The molecule has 1 aliphatic heterocycles. The van der Waals surface area contributed by atoms with Gasteiger partial charge < -0.3 is 21.3 Å². The van der Waals surface area contributed by atoms with E-state index >= 15 is 0 Å². The SMILES string of the molecule is C1CNCCNCCCNCCNC1.[Fe]. The molecule has 1 fully saturated rings. The first kappa shape index (κ1) is 15.4. The minimum absolute atomic E-state index is 0. The normalized spacial score (nSPS) is 22.4. The van der Waals surface area contributed by atoms with Crippen molar-refractivity contribution in [1.29, 1.82) is 0 Å². The Morgan fingerprint density at radius 1 is 0.400 bits per heavy atom. The molecular formula is C10H24FeN4. The second-order valence-corrected chi connectivity index (χ2v) is 3.71. The molecule has 0 radical (unpaired) electrons. The van der Waals surface area contributed by atoms with Crippen molar-refractivity contribution in [3.63, 3.8) is 0 Å². The van der Waals surface area contributed by atoms with Crippen LogP contribution in [0.2, 0.25) is 0 Å². The summed E-state index contributed by atoms with van der Waals surface area (Å²) in [6.45, 7) is 8.87. The van der Waals surface area contributed by atoms with E-state index in [1.54, 1.807) is 0 Å². The molecule has 1 rings (SSSR count). The van der Waals surface area contributed by atoms with Crippen LogP contribution >= 0.6 is 0 Å². The van der Waals surface area contributed by atoms with Crippen LogP contribution in [0.1, 0.15) is 12.8 Å². The van der Waals surface area contributed by atoms with Crippen molar-refractivity contribution in [2.24, 2.45) is 0 Å². The molecule has 0 atom stereocenters. The molecule has 0 amide bonds. The van der Waals surface area contributed by atoms with Gasteiger partial charge in [0.1, 0.15) is 0 Å². The van der Waals surface area contributed by atoms with Crippen LogP contribution in [0.25, 0.3) is 0 Å². The molecule has 0 spiro atoms. The summed E-state index contributed by atoms with van der Waals surface area (Å²) in [4.78, 5) is 0. The van der Waals surface area contributed by atoms with Crippen LogP contribution < -0.4 is 21.3 Å². The largest absolute Gasteiger partial charge is 0.315 e. The van der Waals surface area contributed by atoms with Gasteiger partial charge in [-0.2, -0.15) is 0 Å². The van der Waals surface area contributed by atoms with Crippen molar-refractivity contribution in [3.05, 3.63) is 0 Å². The van der Waals surface area contributed by atoms with E-state index in [1.165, 1.54) is 12.8 Å². The molecule has 15 heavy (non-hydrogen) atoms. The third-order valence-corrected chi connectivity index (χ3v) is 2.37. The van der Waals surface area contributed by atoms with Crippen molar-refractivity contribution >= 4 is 0 Å². The smallest absolute Gasteiger partial charge is 0.00767 e. The molecule has 0 aromatic heterocycles. The standard InChI is InChI=1S/C10H24N4.Fe/c1-3-11-7-9-13-5-2-6-14-10-8-12-4-1;/h11-14H,1-10H2;. The monoisotopic (exact) mass is 256 g/mol. The maximum Gasteiger partial charge on any atom is 0.00767 e. The van der Waals surface area contributed by atoms with Gasteiger partial charge in [0, 0.05) is 43.2 Å². The van der Waals surface area contributed by atoms with Crippen LogP contribution in [0.3, 0.4) is 0 Å². The summed E-state index contributed by atoms with van der Waals surface area (Å²) in [5, 5.41) is 13.7. The van der Waals surface area contributed by atoms with Crippen molar-refractivity contribution in [3.8, 4) is 0 Å². The zero-order valence-electron chi connectivity index (χ0n) is 9.42. The van der Waals surface area contributed by atoms with Gasteiger partial charge in [-0.3, -0.25) is 0 Å². The summed E-state index contributed by atoms with van der Waals surface area (Å²) < 4.78 is 0.